The third-order valence-electron chi connectivity index (χ3n) is 4.90. The minimum absolute atomic E-state index is 0.00736. The first-order valence-corrected chi connectivity index (χ1v) is 9.10. The second-order valence-electron chi connectivity index (χ2n) is 7.01. The minimum atomic E-state index is -0.00736. The van der Waals surface area contributed by atoms with Crippen LogP contribution in [0.4, 0.5) is 0 Å². The molecular weight excluding hydrogens is 346 g/mol. The molecule has 0 aliphatic carbocycles. The number of aromatic nitrogens is 2. The average molecular weight is 373 g/mol. The molecule has 1 aromatic carbocycles. The number of fused-ring (bicyclic) bond motifs is 1. The van der Waals surface area contributed by atoms with Crippen molar-refractivity contribution in [2.45, 2.75) is 39.3 Å². The van der Waals surface area contributed by atoms with Crippen molar-refractivity contribution in [3.8, 4) is 17.2 Å². The van der Waals surface area contributed by atoms with Gasteiger partial charge in [0.25, 0.3) is 5.56 Å². The lowest BCUT2D eigenvalue weighted by atomic mass is 10.0. The molecule has 1 N–H and O–H groups in total. The standard InChI is InChI=1S/C20H27N3O4/c1-12(2)19-21-15-11-23(7-6-14(15)20(24)22-19)10-13-8-17(26-4)18(27-5)9-16(13)25-3/h8-9,12H,6-7,10-11H2,1-5H3,(H,21,22,24). The number of hydrogen-bond acceptors (Lipinski definition) is 6. The van der Waals surface area contributed by atoms with Crippen LogP contribution in [0.1, 0.15) is 42.4 Å². The number of benzene rings is 1. The van der Waals surface area contributed by atoms with Crippen molar-refractivity contribution in [2.75, 3.05) is 27.9 Å². The Morgan fingerprint density at radius 1 is 1.11 bits per heavy atom. The predicted molar refractivity (Wildman–Crippen MR) is 103 cm³/mol. The van der Waals surface area contributed by atoms with Gasteiger partial charge in [-0.15, -0.1) is 0 Å². The van der Waals surface area contributed by atoms with Crippen LogP contribution in [0.15, 0.2) is 16.9 Å². The molecule has 0 spiro atoms. The monoisotopic (exact) mass is 373 g/mol. The highest BCUT2D eigenvalue weighted by atomic mass is 16.5. The van der Waals surface area contributed by atoms with Gasteiger partial charge >= 0.3 is 0 Å². The summed E-state index contributed by atoms with van der Waals surface area (Å²) in [5.41, 5.74) is 2.67. The summed E-state index contributed by atoms with van der Waals surface area (Å²) in [6, 6.07) is 3.78. The molecule has 0 bridgehead atoms. The van der Waals surface area contributed by atoms with Crippen LogP contribution in [0.3, 0.4) is 0 Å². The van der Waals surface area contributed by atoms with Crippen molar-refractivity contribution in [1.82, 2.24) is 14.9 Å². The number of rotatable bonds is 6. The maximum absolute atomic E-state index is 12.3. The van der Waals surface area contributed by atoms with Gasteiger partial charge in [-0.25, -0.2) is 4.98 Å². The van der Waals surface area contributed by atoms with Gasteiger partial charge in [0.15, 0.2) is 11.5 Å². The molecule has 0 radical (unpaired) electrons. The van der Waals surface area contributed by atoms with Gasteiger partial charge in [0.1, 0.15) is 11.6 Å². The first-order chi connectivity index (χ1) is 13.0. The zero-order chi connectivity index (χ0) is 19.6. The summed E-state index contributed by atoms with van der Waals surface area (Å²) in [5.74, 6) is 2.98. The predicted octanol–water partition coefficient (Wildman–Crippen LogP) is 2.48. The van der Waals surface area contributed by atoms with Crippen LogP contribution < -0.4 is 19.8 Å². The zero-order valence-electron chi connectivity index (χ0n) is 16.6. The van der Waals surface area contributed by atoms with Gasteiger partial charge in [-0.05, 0) is 12.5 Å². The van der Waals surface area contributed by atoms with E-state index in [0.717, 1.165) is 34.9 Å². The summed E-state index contributed by atoms with van der Waals surface area (Å²) in [6.45, 7) is 6.15. The fourth-order valence-corrected chi connectivity index (χ4v) is 3.38. The fourth-order valence-electron chi connectivity index (χ4n) is 3.38. The fraction of sp³-hybridized carbons (Fsp3) is 0.500. The highest BCUT2D eigenvalue weighted by Crippen LogP contribution is 2.35. The maximum atomic E-state index is 12.3. The maximum Gasteiger partial charge on any atom is 0.254 e. The molecule has 3 rings (SSSR count). The van der Waals surface area contributed by atoms with Crippen LogP contribution in [0.25, 0.3) is 0 Å². The summed E-state index contributed by atoms with van der Waals surface area (Å²) >= 11 is 0. The highest BCUT2D eigenvalue weighted by molar-refractivity contribution is 5.50. The Morgan fingerprint density at radius 2 is 1.78 bits per heavy atom. The van der Waals surface area contributed by atoms with Crippen LogP contribution in [-0.4, -0.2) is 42.7 Å². The van der Waals surface area contributed by atoms with Crippen LogP contribution in [-0.2, 0) is 19.5 Å². The second-order valence-corrected chi connectivity index (χ2v) is 7.01. The molecule has 7 heteroatoms. The molecule has 0 fully saturated rings. The van der Waals surface area contributed by atoms with E-state index >= 15 is 0 Å². The lowest BCUT2D eigenvalue weighted by molar-refractivity contribution is 0.235. The largest absolute Gasteiger partial charge is 0.496 e. The van der Waals surface area contributed by atoms with Gasteiger partial charge in [-0.2, -0.15) is 0 Å². The lowest BCUT2D eigenvalue weighted by Gasteiger charge is -2.28. The molecule has 2 heterocycles. The van der Waals surface area contributed by atoms with Crippen molar-refractivity contribution in [1.29, 1.82) is 0 Å². The van der Waals surface area contributed by atoms with E-state index < -0.39 is 0 Å². The Bertz CT molecular complexity index is 876. The smallest absolute Gasteiger partial charge is 0.254 e. The minimum Gasteiger partial charge on any atom is -0.496 e. The molecule has 2 aromatic rings. The molecule has 0 unspecified atom stereocenters. The van der Waals surface area contributed by atoms with E-state index in [0.29, 0.717) is 31.0 Å². The molecule has 7 nitrogen and oxygen atoms in total. The van der Waals surface area contributed by atoms with E-state index in [1.54, 1.807) is 21.3 Å². The van der Waals surface area contributed by atoms with E-state index in [2.05, 4.69) is 9.88 Å². The van der Waals surface area contributed by atoms with Crippen LogP contribution in [0, 0.1) is 0 Å². The zero-order valence-corrected chi connectivity index (χ0v) is 16.6. The number of methoxy groups -OCH3 is 3. The topological polar surface area (TPSA) is 76.7 Å². The molecule has 1 aromatic heterocycles. The molecule has 0 atom stereocenters. The number of ether oxygens (including phenoxy) is 3. The van der Waals surface area contributed by atoms with E-state index in [1.807, 2.05) is 26.0 Å². The van der Waals surface area contributed by atoms with E-state index in [-0.39, 0.29) is 11.5 Å². The van der Waals surface area contributed by atoms with Crippen molar-refractivity contribution in [3.63, 3.8) is 0 Å². The van der Waals surface area contributed by atoms with Crippen LogP contribution in [0.2, 0.25) is 0 Å². The van der Waals surface area contributed by atoms with Crippen molar-refractivity contribution in [2.24, 2.45) is 0 Å². The summed E-state index contributed by atoms with van der Waals surface area (Å²) < 4.78 is 16.3. The second kappa shape index (κ2) is 8.00. The highest BCUT2D eigenvalue weighted by Gasteiger charge is 2.23. The van der Waals surface area contributed by atoms with Gasteiger partial charge < -0.3 is 19.2 Å². The van der Waals surface area contributed by atoms with Gasteiger partial charge in [-0.1, -0.05) is 13.8 Å². The SMILES string of the molecule is COc1cc(OC)c(OC)cc1CN1CCc2c(nc(C(C)C)[nH]c2=O)C1. The van der Waals surface area contributed by atoms with E-state index in [9.17, 15) is 4.79 Å². The molecular formula is C20H27N3O4. The molecule has 0 saturated heterocycles. The third-order valence-corrected chi connectivity index (χ3v) is 4.90. The quantitative estimate of drug-likeness (QED) is 0.838. The van der Waals surface area contributed by atoms with Gasteiger partial charge in [0, 0.05) is 42.7 Å². The molecule has 0 saturated carbocycles. The first-order valence-electron chi connectivity index (χ1n) is 9.10. The van der Waals surface area contributed by atoms with Crippen molar-refractivity contribution in [3.05, 3.63) is 45.1 Å². The Kier molecular flexibility index (Phi) is 5.70. The van der Waals surface area contributed by atoms with Crippen LogP contribution in [0.5, 0.6) is 17.2 Å². The first kappa shape index (κ1) is 19.2. The summed E-state index contributed by atoms with van der Waals surface area (Å²) in [6.07, 6.45) is 0.686. The Labute approximate surface area is 159 Å². The van der Waals surface area contributed by atoms with E-state index in [4.69, 9.17) is 19.2 Å². The lowest BCUT2D eigenvalue weighted by Crippen LogP contribution is -2.35. The van der Waals surface area contributed by atoms with Gasteiger partial charge in [0.2, 0.25) is 0 Å². The van der Waals surface area contributed by atoms with Crippen molar-refractivity contribution < 1.29 is 14.2 Å². The molecule has 0 amide bonds. The number of hydrogen-bond donors (Lipinski definition) is 1. The number of aromatic amines is 1. The van der Waals surface area contributed by atoms with Gasteiger partial charge in [0.05, 0.1) is 27.0 Å². The van der Waals surface area contributed by atoms with Crippen molar-refractivity contribution >= 4 is 0 Å². The number of H-pyrrole nitrogens is 1. The summed E-state index contributed by atoms with van der Waals surface area (Å²) in [4.78, 5) is 22.2. The number of nitrogens with zero attached hydrogens (tertiary/aromatic N) is 2. The Balaban J connectivity index is 1.87. The summed E-state index contributed by atoms with van der Waals surface area (Å²) in [5, 5.41) is 0. The molecule has 146 valence electrons. The molecule has 27 heavy (non-hydrogen) atoms. The van der Waals surface area contributed by atoms with Gasteiger partial charge in [-0.3, -0.25) is 9.69 Å². The van der Waals surface area contributed by atoms with E-state index in [1.165, 1.54) is 0 Å². The van der Waals surface area contributed by atoms with Crippen LogP contribution >= 0.6 is 0 Å². The number of nitrogens with one attached hydrogen (secondary N) is 1. The normalized spacial score (nSPS) is 14.1. The average Bonchev–Trinajstić information content (AvgIpc) is 2.67. The molecule has 1 aliphatic heterocycles. The third kappa shape index (κ3) is 3.93. The Morgan fingerprint density at radius 3 is 2.41 bits per heavy atom. The summed E-state index contributed by atoms with van der Waals surface area (Å²) in [7, 11) is 4.87. The molecule has 1 aliphatic rings. The Hall–Kier alpha value is -2.54.